The first-order valence-corrected chi connectivity index (χ1v) is 16.5. The van der Waals surface area contributed by atoms with Crippen molar-refractivity contribution in [3.8, 4) is 16.8 Å². The van der Waals surface area contributed by atoms with Crippen molar-refractivity contribution in [3.05, 3.63) is 180 Å². The molecule has 0 fully saturated rings. The van der Waals surface area contributed by atoms with Gasteiger partial charge in [-0.15, -0.1) is 11.3 Å². The van der Waals surface area contributed by atoms with E-state index in [0.29, 0.717) is 0 Å². The van der Waals surface area contributed by atoms with Gasteiger partial charge in [0, 0.05) is 39.4 Å². The van der Waals surface area contributed by atoms with Crippen molar-refractivity contribution in [1.82, 2.24) is 4.57 Å². The monoisotopic (exact) mass is 606 g/mol. The summed E-state index contributed by atoms with van der Waals surface area (Å²) in [6, 6.07) is 56.9. The van der Waals surface area contributed by atoms with Crippen molar-refractivity contribution in [2.45, 2.75) is 6.42 Å². The maximum atomic E-state index is 2.43. The number of aromatic nitrogens is 1. The van der Waals surface area contributed by atoms with E-state index in [1.54, 1.807) is 0 Å². The predicted octanol–water partition coefficient (Wildman–Crippen LogP) is 12.2. The first-order valence-electron chi connectivity index (χ1n) is 15.7. The van der Waals surface area contributed by atoms with E-state index in [0.717, 1.165) is 12.1 Å². The van der Waals surface area contributed by atoms with E-state index in [1.165, 1.54) is 70.5 Å². The molecular weight excluding hydrogens is 577 g/mol. The van der Waals surface area contributed by atoms with Crippen molar-refractivity contribution in [2.75, 3.05) is 4.90 Å². The molecule has 0 N–H and O–H groups in total. The number of hydrogen-bond donors (Lipinski definition) is 0. The molecule has 8 aromatic rings. The number of anilines is 2. The second kappa shape index (κ2) is 11.1. The minimum atomic E-state index is 0.861. The zero-order valence-electron chi connectivity index (χ0n) is 25.2. The van der Waals surface area contributed by atoms with Gasteiger partial charge in [0.1, 0.15) is 0 Å². The fourth-order valence-electron chi connectivity index (χ4n) is 6.81. The van der Waals surface area contributed by atoms with Gasteiger partial charge in [0.05, 0.1) is 15.7 Å². The molecule has 218 valence electrons. The summed E-state index contributed by atoms with van der Waals surface area (Å²) in [6.45, 7) is 0. The molecule has 0 saturated heterocycles. The van der Waals surface area contributed by atoms with E-state index >= 15 is 0 Å². The van der Waals surface area contributed by atoms with E-state index in [2.05, 4.69) is 179 Å². The van der Waals surface area contributed by atoms with Crippen LogP contribution in [-0.2, 0) is 0 Å². The molecule has 3 heteroatoms. The number of para-hydroxylation sites is 2. The highest BCUT2D eigenvalue weighted by molar-refractivity contribution is 7.21. The Morgan fingerprint density at radius 2 is 1.20 bits per heavy atom. The summed E-state index contributed by atoms with van der Waals surface area (Å²) in [5, 5.41) is 3.80. The summed E-state index contributed by atoms with van der Waals surface area (Å²) in [5.74, 6) is 0. The summed E-state index contributed by atoms with van der Waals surface area (Å²) in [4.78, 5) is 3.75. The molecule has 0 radical (unpaired) electrons. The van der Waals surface area contributed by atoms with Gasteiger partial charge < -0.3 is 9.47 Å². The smallest absolute Gasteiger partial charge is 0.0655 e. The third kappa shape index (κ3) is 4.56. The lowest BCUT2D eigenvalue weighted by molar-refractivity contribution is 1.11. The molecule has 9 rings (SSSR count). The molecule has 0 aliphatic heterocycles. The van der Waals surface area contributed by atoms with Crippen LogP contribution in [0.25, 0.3) is 54.3 Å². The number of rotatable bonds is 6. The molecule has 1 aliphatic carbocycles. The molecule has 0 unspecified atom stereocenters. The van der Waals surface area contributed by atoms with Crippen LogP contribution in [0.2, 0.25) is 0 Å². The average molecular weight is 607 g/mol. The van der Waals surface area contributed by atoms with Gasteiger partial charge in [-0.3, -0.25) is 0 Å². The normalized spacial score (nSPS) is 13.0. The molecule has 2 aromatic heterocycles. The highest BCUT2D eigenvalue weighted by Gasteiger charge is 2.23. The molecule has 0 saturated carbocycles. The molecule has 2 nitrogen and oxygen atoms in total. The van der Waals surface area contributed by atoms with Gasteiger partial charge >= 0.3 is 0 Å². The van der Waals surface area contributed by atoms with Crippen molar-refractivity contribution in [3.63, 3.8) is 0 Å². The lowest BCUT2D eigenvalue weighted by atomic mass is 10.0. The molecule has 0 bridgehead atoms. The molecule has 2 heterocycles. The van der Waals surface area contributed by atoms with E-state index in [4.69, 9.17) is 0 Å². The van der Waals surface area contributed by atoms with Gasteiger partial charge in [0.2, 0.25) is 0 Å². The summed E-state index contributed by atoms with van der Waals surface area (Å²) in [7, 11) is 0. The van der Waals surface area contributed by atoms with Crippen LogP contribution < -0.4 is 4.90 Å². The van der Waals surface area contributed by atoms with Gasteiger partial charge in [0.25, 0.3) is 0 Å². The van der Waals surface area contributed by atoms with Crippen molar-refractivity contribution < 1.29 is 0 Å². The molecule has 6 aromatic carbocycles. The summed E-state index contributed by atoms with van der Waals surface area (Å²) in [6.07, 6.45) is 5.49. The largest absolute Gasteiger partial charge is 0.314 e. The lowest BCUT2D eigenvalue weighted by Crippen LogP contribution is -2.15. The average Bonchev–Trinajstić information content (AvgIpc) is 3.85. The van der Waals surface area contributed by atoms with Crippen molar-refractivity contribution in [1.29, 1.82) is 0 Å². The molecule has 46 heavy (non-hydrogen) atoms. The third-order valence-corrected chi connectivity index (χ3v) is 10.3. The van der Waals surface area contributed by atoms with Crippen LogP contribution in [-0.4, -0.2) is 4.57 Å². The Morgan fingerprint density at radius 1 is 0.522 bits per heavy atom. The Kier molecular flexibility index (Phi) is 6.43. The van der Waals surface area contributed by atoms with Gasteiger partial charge in [-0.05, 0) is 82.1 Å². The number of benzene rings is 6. The van der Waals surface area contributed by atoms with Crippen molar-refractivity contribution >= 4 is 60.2 Å². The van der Waals surface area contributed by atoms with Gasteiger partial charge in [-0.25, -0.2) is 0 Å². The van der Waals surface area contributed by atoms with E-state index in [9.17, 15) is 0 Å². The third-order valence-electron chi connectivity index (χ3n) is 9.03. The van der Waals surface area contributed by atoms with E-state index in [-0.39, 0.29) is 0 Å². The molecule has 0 atom stereocenters. The fraction of sp³-hybridized carbons (Fsp3) is 0.0233. The summed E-state index contributed by atoms with van der Waals surface area (Å²) in [5.41, 5.74) is 11.1. The Morgan fingerprint density at radius 3 is 2.02 bits per heavy atom. The molecule has 0 spiro atoms. The second-order valence-electron chi connectivity index (χ2n) is 11.8. The standard InChI is InChI=1S/C43H30N2S/c1-3-11-30(12-4-1)32-19-23-36(24-20-32)44(37-25-21-31-13-7-8-14-33(31)27-37)38-26-22-34(28-38)42-29-41-43(46-42)39-17-9-10-18-40(39)45(41)35-15-5-2-6-16-35/h1-27,29H,28H2. The second-order valence-corrected chi connectivity index (χ2v) is 12.9. The number of hydrogen-bond acceptors (Lipinski definition) is 2. The van der Waals surface area contributed by atoms with Gasteiger partial charge in [0.15, 0.2) is 0 Å². The highest BCUT2D eigenvalue weighted by atomic mass is 32.1. The van der Waals surface area contributed by atoms with Gasteiger partial charge in [-0.2, -0.15) is 0 Å². The first-order chi connectivity index (χ1) is 22.8. The molecule has 0 amide bonds. The quantitative estimate of drug-likeness (QED) is 0.183. The highest BCUT2D eigenvalue weighted by Crippen LogP contribution is 2.44. The lowest BCUT2D eigenvalue weighted by Gasteiger charge is -2.27. The first kappa shape index (κ1) is 26.7. The van der Waals surface area contributed by atoms with Crippen LogP contribution in [0.5, 0.6) is 0 Å². The van der Waals surface area contributed by atoms with Crippen LogP contribution in [0.1, 0.15) is 11.3 Å². The van der Waals surface area contributed by atoms with Crippen molar-refractivity contribution in [2.24, 2.45) is 0 Å². The van der Waals surface area contributed by atoms with E-state index < -0.39 is 0 Å². The minimum Gasteiger partial charge on any atom is -0.314 e. The number of nitrogens with zero attached hydrogens (tertiary/aromatic N) is 2. The van der Waals surface area contributed by atoms with Gasteiger partial charge in [-0.1, -0.05) is 115 Å². The Hall–Kier alpha value is -5.64. The Labute approximate surface area is 272 Å². The van der Waals surface area contributed by atoms with Crippen LogP contribution in [0.15, 0.2) is 176 Å². The zero-order valence-corrected chi connectivity index (χ0v) is 26.0. The Bertz CT molecular complexity index is 2430. The van der Waals surface area contributed by atoms with Crippen LogP contribution >= 0.6 is 11.3 Å². The maximum Gasteiger partial charge on any atom is 0.0655 e. The maximum absolute atomic E-state index is 2.43. The van der Waals surface area contributed by atoms with Crippen LogP contribution in [0.4, 0.5) is 11.4 Å². The number of fused-ring (bicyclic) bond motifs is 4. The summed E-state index contributed by atoms with van der Waals surface area (Å²) < 4.78 is 3.75. The number of thiophene rings is 1. The minimum absolute atomic E-state index is 0.861. The fourth-order valence-corrected chi connectivity index (χ4v) is 8.01. The predicted molar refractivity (Wildman–Crippen MR) is 197 cm³/mol. The SMILES string of the molecule is C1=C(c2cc3c(s2)c2ccccc2n3-c2ccccc2)CC(N(c2ccc(-c3ccccc3)cc2)c2ccc3ccccc3c2)=C1. The van der Waals surface area contributed by atoms with E-state index in [1.807, 2.05) is 11.3 Å². The molecular formula is C43H30N2S. The summed E-state index contributed by atoms with van der Waals surface area (Å²) >= 11 is 1.91. The van der Waals surface area contributed by atoms with Crippen LogP contribution in [0, 0.1) is 0 Å². The topological polar surface area (TPSA) is 8.17 Å². The molecule has 1 aliphatic rings. The zero-order chi connectivity index (χ0) is 30.5. The number of allylic oxidation sites excluding steroid dienone is 3. The Balaban J connectivity index is 1.10. The van der Waals surface area contributed by atoms with Crippen LogP contribution in [0.3, 0.4) is 0 Å².